The number of anilines is 1. The van der Waals surface area contributed by atoms with Crippen LogP contribution in [-0.2, 0) is 11.3 Å². The second kappa shape index (κ2) is 12.9. The van der Waals surface area contributed by atoms with Crippen molar-refractivity contribution in [3.63, 3.8) is 0 Å². The number of benzene rings is 2. The molecule has 1 amide bonds. The lowest BCUT2D eigenvalue weighted by Crippen LogP contribution is -2.36. The summed E-state index contributed by atoms with van der Waals surface area (Å²) in [6.45, 7) is 2.46. The molecule has 0 radical (unpaired) electrons. The van der Waals surface area contributed by atoms with E-state index in [0.717, 1.165) is 16.8 Å². The summed E-state index contributed by atoms with van der Waals surface area (Å²) in [6.07, 6.45) is -0.792. The Hall–Kier alpha value is -3.43. The monoisotopic (exact) mass is 496 g/mol. The quantitative estimate of drug-likeness (QED) is 0.284. The van der Waals surface area contributed by atoms with Crippen LogP contribution in [0.2, 0.25) is 0 Å². The molecule has 0 fully saturated rings. The molecule has 0 bridgehead atoms. The van der Waals surface area contributed by atoms with Crippen molar-refractivity contribution in [2.24, 2.45) is 5.73 Å². The molecule has 35 heavy (non-hydrogen) atoms. The maximum absolute atomic E-state index is 12.8. The van der Waals surface area contributed by atoms with Gasteiger partial charge < -0.3 is 30.6 Å². The van der Waals surface area contributed by atoms with Gasteiger partial charge in [0.05, 0.1) is 25.6 Å². The van der Waals surface area contributed by atoms with Crippen molar-refractivity contribution in [1.82, 2.24) is 10.3 Å². The Morgan fingerprint density at radius 3 is 2.37 bits per heavy atom. The third-order valence-corrected chi connectivity index (χ3v) is 5.72. The van der Waals surface area contributed by atoms with Gasteiger partial charge in [0, 0.05) is 36.5 Å². The van der Waals surface area contributed by atoms with Crippen molar-refractivity contribution in [3.05, 3.63) is 66.2 Å². The van der Waals surface area contributed by atoms with E-state index in [2.05, 4.69) is 28.2 Å². The largest absolute Gasteiger partial charge is 0.497 e. The van der Waals surface area contributed by atoms with Gasteiger partial charge in [-0.1, -0.05) is 30.3 Å². The smallest absolute Gasteiger partial charge is 0.261 e. The highest BCUT2D eigenvalue weighted by molar-refractivity contribution is 7.80. The Morgan fingerprint density at radius 1 is 1.06 bits per heavy atom. The first-order valence-corrected chi connectivity index (χ1v) is 11.9. The van der Waals surface area contributed by atoms with Gasteiger partial charge in [0.25, 0.3) is 5.91 Å². The Labute approximate surface area is 211 Å². The van der Waals surface area contributed by atoms with E-state index < -0.39 is 6.10 Å². The number of pyridine rings is 1. The van der Waals surface area contributed by atoms with Gasteiger partial charge in [-0.2, -0.15) is 12.6 Å². The van der Waals surface area contributed by atoms with Gasteiger partial charge in [0.2, 0.25) is 5.88 Å². The molecule has 4 N–H and O–H groups in total. The van der Waals surface area contributed by atoms with E-state index in [1.165, 1.54) is 0 Å². The lowest BCUT2D eigenvalue weighted by molar-refractivity contribution is -0.127. The molecule has 0 aliphatic carbocycles. The van der Waals surface area contributed by atoms with Crippen LogP contribution in [0.25, 0.3) is 11.3 Å². The van der Waals surface area contributed by atoms with Gasteiger partial charge >= 0.3 is 0 Å². The van der Waals surface area contributed by atoms with Crippen LogP contribution in [-0.4, -0.2) is 49.6 Å². The fourth-order valence-corrected chi connectivity index (χ4v) is 3.39. The third kappa shape index (κ3) is 7.53. The summed E-state index contributed by atoms with van der Waals surface area (Å²) in [7, 11) is 3.16. The Kier molecular flexibility index (Phi) is 9.63. The topological polar surface area (TPSA) is 108 Å². The lowest BCUT2D eigenvalue weighted by atomic mass is 10.1. The highest BCUT2D eigenvalue weighted by Crippen LogP contribution is 2.28. The molecule has 1 aromatic heterocycles. The van der Waals surface area contributed by atoms with E-state index in [9.17, 15) is 4.79 Å². The van der Waals surface area contributed by atoms with Gasteiger partial charge in [-0.3, -0.25) is 4.79 Å². The van der Waals surface area contributed by atoms with Crippen molar-refractivity contribution in [1.29, 1.82) is 0 Å². The predicted molar refractivity (Wildman–Crippen MR) is 141 cm³/mol. The van der Waals surface area contributed by atoms with E-state index in [1.807, 2.05) is 54.6 Å². The summed E-state index contributed by atoms with van der Waals surface area (Å²) in [5, 5.41) is 6.14. The number of carbonyl (C=O) groups excluding carboxylic acids is 1. The first-order chi connectivity index (χ1) is 16.9. The minimum Gasteiger partial charge on any atom is -0.497 e. The zero-order chi connectivity index (χ0) is 25.2. The molecule has 0 saturated carbocycles. The van der Waals surface area contributed by atoms with Crippen molar-refractivity contribution >= 4 is 24.2 Å². The van der Waals surface area contributed by atoms with E-state index in [1.54, 1.807) is 27.2 Å². The van der Waals surface area contributed by atoms with Crippen molar-refractivity contribution in [3.8, 4) is 28.6 Å². The van der Waals surface area contributed by atoms with Gasteiger partial charge in [-0.25, -0.2) is 4.98 Å². The standard InChI is InChI=1S/C26H32N4O4S/c1-17(25(31)29-14-18-11-21(32-2)13-22(12-18)33-3)34-26-24(28-15-20(27)16-35)10-9-23(30-26)19-7-5-4-6-8-19/h4-13,17,20,28,35H,14-16,27H2,1-3H3,(H,29,31). The van der Waals surface area contributed by atoms with E-state index >= 15 is 0 Å². The molecule has 1 heterocycles. The minimum absolute atomic E-state index is 0.138. The summed E-state index contributed by atoms with van der Waals surface area (Å²) in [5.74, 6) is 1.87. The number of methoxy groups -OCH3 is 2. The molecule has 3 rings (SSSR count). The molecular weight excluding hydrogens is 464 g/mol. The number of ether oxygens (including phenoxy) is 3. The molecule has 9 heteroatoms. The number of nitrogens with zero attached hydrogens (tertiary/aromatic N) is 1. The first-order valence-electron chi connectivity index (χ1n) is 11.3. The van der Waals surface area contributed by atoms with Gasteiger partial charge in [-0.15, -0.1) is 0 Å². The van der Waals surface area contributed by atoms with E-state index in [0.29, 0.717) is 41.9 Å². The molecule has 2 atom stereocenters. The lowest BCUT2D eigenvalue weighted by Gasteiger charge is -2.19. The molecule has 0 aliphatic heterocycles. The molecular formula is C26H32N4O4S. The summed E-state index contributed by atoms with van der Waals surface area (Å²) in [6, 6.07) is 18.9. The maximum Gasteiger partial charge on any atom is 0.261 e. The highest BCUT2D eigenvalue weighted by Gasteiger charge is 2.19. The van der Waals surface area contributed by atoms with Crippen molar-refractivity contribution in [2.75, 3.05) is 31.8 Å². The molecule has 0 spiro atoms. The summed E-state index contributed by atoms with van der Waals surface area (Å²) >= 11 is 4.23. The molecule has 2 aromatic carbocycles. The molecule has 2 unspecified atom stereocenters. The fraction of sp³-hybridized carbons (Fsp3) is 0.308. The number of hydrogen-bond acceptors (Lipinski definition) is 8. The summed E-state index contributed by atoms with van der Waals surface area (Å²) in [4.78, 5) is 17.5. The Balaban J connectivity index is 1.74. The minimum atomic E-state index is -0.792. The van der Waals surface area contributed by atoms with Crippen molar-refractivity contribution in [2.45, 2.75) is 25.6 Å². The normalized spacial score (nSPS) is 12.4. The van der Waals surface area contributed by atoms with E-state index in [-0.39, 0.29) is 11.9 Å². The average Bonchev–Trinajstić information content (AvgIpc) is 2.90. The second-order valence-electron chi connectivity index (χ2n) is 7.94. The summed E-state index contributed by atoms with van der Waals surface area (Å²) in [5.41, 5.74) is 9.17. The predicted octanol–water partition coefficient (Wildman–Crippen LogP) is 3.52. The number of amides is 1. The van der Waals surface area contributed by atoms with Gasteiger partial charge in [-0.05, 0) is 36.8 Å². The van der Waals surface area contributed by atoms with Crippen LogP contribution in [0.3, 0.4) is 0 Å². The second-order valence-corrected chi connectivity index (χ2v) is 8.30. The Morgan fingerprint density at radius 2 is 1.74 bits per heavy atom. The number of nitrogens with two attached hydrogens (primary N) is 1. The molecule has 0 aliphatic rings. The molecule has 8 nitrogen and oxygen atoms in total. The number of carbonyl (C=O) groups is 1. The van der Waals surface area contributed by atoms with Crippen LogP contribution in [0.15, 0.2) is 60.7 Å². The molecule has 0 saturated heterocycles. The van der Waals surface area contributed by atoms with Crippen LogP contribution in [0, 0.1) is 0 Å². The number of aromatic nitrogens is 1. The van der Waals surface area contributed by atoms with Crippen LogP contribution in [0.4, 0.5) is 5.69 Å². The van der Waals surface area contributed by atoms with Crippen LogP contribution < -0.4 is 30.6 Å². The van der Waals surface area contributed by atoms with Crippen LogP contribution in [0.5, 0.6) is 17.4 Å². The molecule has 186 valence electrons. The zero-order valence-electron chi connectivity index (χ0n) is 20.2. The summed E-state index contributed by atoms with van der Waals surface area (Å²) < 4.78 is 16.6. The number of nitrogens with one attached hydrogen (secondary N) is 2. The number of hydrogen-bond donors (Lipinski definition) is 4. The van der Waals surface area contributed by atoms with Gasteiger partial charge in [0.1, 0.15) is 11.5 Å². The SMILES string of the molecule is COc1cc(CNC(=O)C(C)Oc2nc(-c3ccccc3)ccc2NCC(N)CS)cc(OC)c1. The van der Waals surface area contributed by atoms with Crippen LogP contribution in [0.1, 0.15) is 12.5 Å². The third-order valence-electron chi connectivity index (χ3n) is 5.25. The maximum atomic E-state index is 12.8. The van der Waals surface area contributed by atoms with Crippen LogP contribution >= 0.6 is 12.6 Å². The highest BCUT2D eigenvalue weighted by atomic mass is 32.1. The van der Waals surface area contributed by atoms with Gasteiger partial charge in [0.15, 0.2) is 6.10 Å². The number of thiol groups is 1. The fourth-order valence-electron chi connectivity index (χ4n) is 3.26. The Bertz CT molecular complexity index is 1090. The average molecular weight is 497 g/mol. The van der Waals surface area contributed by atoms with Crippen molar-refractivity contribution < 1.29 is 19.0 Å². The molecule has 3 aromatic rings. The van der Waals surface area contributed by atoms with E-state index in [4.69, 9.17) is 19.9 Å². The zero-order valence-corrected chi connectivity index (χ0v) is 21.0. The first kappa shape index (κ1) is 26.2. The number of rotatable bonds is 12.